The molecule has 26 heavy (non-hydrogen) atoms. The monoisotopic (exact) mass is 407 g/mol. The molecule has 0 spiro atoms. The van der Waals surface area contributed by atoms with E-state index in [1.54, 1.807) is 12.1 Å². The van der Waals surface area contributed by atoms with Gasteiger partial charge in [-0.1, -0.05) is 53.0 Å². The first-order chi connectivity index (χ1) is 12.5. The number of fused-ring (bicyclic) bond motifs is 1. The van der Waals surface area contributed by atoms with Gasteiger partial charge in [0, 0.05) is 22.0 Å². The molecule has 0 aliphatic heterocycles. The molecule has 1 aromatic heterocycles. The molecule has 0 unspecified atom stereocenters. The molecule has 1 heterocycles. The lowest BCUT2D eigenvalue weighted by molar-refractivity contribution is -0.123. The Morgan fingerprint density at radius 2 is 1.96 bits per heavy atom. The molecule has 8 heteroatoms. The number of hydrogen-bond acceptors (Lipinski definition) is 4. The van der Waals surface area contributed by atoms with Gasteiger partial charge in [-0.3, -0.25) is 4.79 Å². The second-order valence-corrected chi connectivity index (χ2v) is 6.42. The van der Waals surface area contributed by atoms with Crippen molar-refractivity contribution in [3.8, 4) is 5.75 Å². The molecular weight excluding hydrogens is 397 g/mol. The molecule has 2 aromatic carbocycles. The summed E-state index contributed by atoms with van der Waals surface area (Å²) >= 11 is 17.9. The third kappa shape index (κ3) is 4.64. The number of para-hydroxylation sites is 1. The molecular formula is C18H12Cl3N3O2. The predicted molar refractivity (Wildman–Crippen MR) is 104 cm³/mol. The van der Waals surface area contributed by atoms with Gasteiger partial charge in [-0.2, -0.15) is 5.10 Å². The van der Waals surface area contributed by atoms with E-state index >= 15 is 0 Å². The molecule has 5 nitrogen and oxygen atoms in total. The Morgan fingerprint density at radius 1 is 1.15 bits per heavy atom. The fraction of sp³-hybridized carbons (Fsp3) is 0.0556. The first-order valence-electron chi connectivity index (χ1n) is 7.48. The van der Waals surface area contributed by atoms with Gasteiger partial charge in [-0.05, 0) is 24.3 Å². The summed E-state index contributed by atoms with van der Waals surface area (Å²) in [4.78, 5) is 16.1. The number of hydrazone groups is 1. The van der Waals surface area contributed by atoms with E-state index < -0.39 is 5.91 Å². The van der Waals surface area contributed by atoms with Gasteiger partial charge in [0.2, 0.25) is 0 Å². The molecule has 132 valence electrons. The minimum atomic E-state index is -0.456. The summed E-state index contributed by atoms with van der Waals surface area (Å²) in [5.41, 5.74) is 3.72. The SMILES string of the molecule is O=C(COc1cc(Cl)ccc1Cl)N/N=C\c1cc2ccccc2nc1Cl. The summed E-state index contributed by atoms with van der Waals surface area (Å²) in [7, 11) is 0. The number of ether oxygens (including phenoxy) is 1. The van der Waals surface area contributed by atoms with Gasteiger partial charge >= 0.3 is 0 Å². The van der Waals surface area contributed by atoms with Crippen LogP contribution in [0.15, 0.2) is 53.6 Å². The van der Waals surface area contributed by atoms with Crippen LogP contribution in [0.1, 0.15) is 5.56 Å². The van der Waals surface area contributed by atoms with Crippen LogP contribution < -0.4 is 10.2 Å². The number of nitrogens with one attached hydrogen (secondary N) is 1. The molecule has 0 saturated carbocycles. The van der Waals surface area contributed by atoms with Gasteiger partial charge in [0.05, 0.1) is 16.8 Å². The highest BCUT2D eigenvalue weighted by atomic mass is 35.5. The highest BCUT2D eigenvalue weighted by Crippen LogP contribution is 2.27. The van der Waals surface area contributed by atoms with Gasteiger partial charge in [-0.25, -0.2) is 10.4 Å². The standard InChI is InChI=1S/C18H12Cl3N3O2/c19-13-5-6-14(20)16(8-13)26-10-17(25)24-22-9-12-7-11-3-1-2-4-15(11)23-18(12)21/h1-9H,10H2,(H,24,25)/b22-9-. The Kier molecular flexibility index (Phi) is 5.93. The van der Waals surface area contributed by atoms with Crippen LogP contribution in [-0.4, -0.2) is 23.7 Å². The third-order valence-corrected chi connectivity index (χ3v) is 4.20. The van der Waals surface area contributed by atoms with Crippen LogP contribution in [0.2, 0.25) is 15.2 Å². The second kappa shape index (κ2) is 8.36. The Hall–Kier alpha value is -2.34. The maximum atomic E-state index is 11.8. The van der Waals surface area contributed by atoms with Crippen LogP contribution in [0, 0.1) is 0 Å². The average Bonchev–Trinajstić information content (AvgIpc) is 2.63. The van der Waals surface area contributed by atoms with Crippen LogP contribution >= 0.6 is 34.8 Å². The molecule has 0 radical (unpaired) electrons. The molecule has 3 aromatic rings. The van der Waals surface area contributed by atoms with Crippen molar-refractivity contribution >= 4 is 57.8 Å². The van der Waals surface area contributed by atoms with Crippen LogP contribution in [0.3, 0.4) is 0 Å². The zero-order valence-corrected chi connectivity index (χ0v) is 15.5. The topological polar surface area (TPSA) is 63.6 Å². The van der Waals surface area contributed by atoms with E-state index in [1.807, 2.05) is 30.3 Å². The zero-order valence-electron chi connectivity index (χ0n) is 13.2. The number of carbonyl (C=O) groups excluding carboxylic acids is 1. The Morgan fingerprint density at radius 3 is 2.81 bits per heavy atom. The predicted octanol–water partition coefficient (Wildman–Crippen LogP) is 4.72. The van der Waals surface area contributed by atoms with Gasteiger partial charge in [0.25, 0.3) is 5.91 Å². The van der Waals surface area contributed by atoms with Crippen LogP contribution in [0.5, 0.6) is 5.75 Å². The highest BCUT2D eigenvalue weighted by Gasteiger charge is 2.07. The first-order valence-corrected chi connectivity index (χ1v) is 8.61. The van der Waals surface area contributed by atoms with Gasteiger partial charge in [-0.15, -0.1) is 0 Å². The van der Waals surface area contributed by atoms with Crippen molar-refractivity contribution in [2.45, 2.75) is 0 Å². The molecule has 3 rings (SSSR count). The number of amides is 1. The lowest BCUT2D eigenvalue weighted by Crippen LogP contribution is -2.24. The number of benzene rings is 2. The summed E-state index contributed by atoms with van der Waals surface area (Å²) in [6.45, 7) is -0.263. The van der Waals surface area contributed by atoms with Crippen molar-refractivity contribution in [1.82, 2.24) is 10.4 Å². The molecule has 0 aliphatic carbocycles. The maximum Gasteiger partial charge on any atom is 0.277 e. The molecule has 0 fully saturated rings. The van der Waals surface area contributed by atoms with Crippen molar-refractivity contribution < 1.29 is 9.53 Å². The number of nitrogens with zero attached hydrogens (tertiary/aromatic N) is 2. The first kappa shape index (κ1) is 18.5. The van der Waals surface area contributed by atoms with E-state index in [9.17, 15) is 4.79 Å². The van der Waals surface area contributed by atoms with E-state index in [-0.39, 0.29) is 6.61 Å². The van der Waals surface area contributed by atoms with Crippen molar-refractivity contribution in [1.29, 1.82) is 0 Å². The van der Waals surface area contributed by atoms with Crippen molar-refractivity contribution in [3.63, 3.8) is 0 Å². The summed E-state index contributed by atoms with van der Waals surface area (Å²) in [5, 5.41) is 5.91. The molecule has 1 amide bonds. The number of pyridine rings is 1. The molecule has 0 atom stereocenters. The summed E-state index contributed by atoms with van der Waals surface area (Å²) in [5.74, 6) is -0.137. The smallest absolute Gasteiger partial charge is 0.277 e. The second-order valence-electron chi connectivity index (χ2n) is 5.22. The van der Waals surface area contributed by atoms with E-state index in [4.69, 9.17) is 39.5 Å². The van der Waals surface area contributed by atoms with Crippen LogP contribution in [-0.2, 0) is 4.79 Å². The Labute approximate surface area is 164 Å². The largest absolute Gasteiger partial charge is 0.482 e. The number of carbonyl (C=O) groups is 1. The summed E-state index contributed by atoms with van der Waals surface area (Å²) in [6.07, 6.45) is 1.42. The minimum absolute atomic E-state index is 0.263. The number of halogens is 3. The van der Waals surface area contributed by atoms with Crippen molar-refractivity contribution in [2.24, 2.45) is 5.10 Å². The zero-order chi connectivity index (χ0) is 18.5. The summed E-state index contributed by atoms with van der Waals surface area (Å²) < 4.78 is 5.32. The quantitative estimate of drug-likeness (QED) is 0.377. The Balaban J connectivity index is 1.60. The number of hydrogen-bond donors (Lipinski definition) is 1. The molecule has 0 aliphatic rings. The lowest BCUT2D eigenvalue weighted by Gasteiger charge is -2.07. The normalized spacial score (nSPS) is 11.0. The van der Waals surface area contributed by atoms with Gasteiger partial charge in [0.1, 0.15) is 10.9 Å². The lowest BCUT2D eigenvalue weighted by atomic mass is 10.2. The van der Waals surface area contributed by atoms with Crippen molar-refractivity contribution in [3.05, 3.63) is 69.3 Å². The van der Waals surface area contributed by atoms with E-state index in [0.29, 0.717) is 26.5 Å². The molecule has 0 saturated heterocycles. The van der Waals surface area contributed by atoms with Crippen LogP contribution in [0.4, 0.5) is 0 Å². The number of rotatable bonds is 5. The third-order valence-electron chi connectivity index (χ3n) is 3.35. The van der Waals surface area contributed by atoms with E-state index in [2.05, 4.69) is 15.5 Å². The van der Waals surface area contributed by atoms with Crippen molar-refractivity contribution in [2.75, 3.05) is 6.61 Å². The van der Waals surface area contributed by atoms with Gasteiger partial charge in [0.15, 0.2) is 6.61 Å². The fourth-order valence-electron chi connectivity index (χ4n) is 2.14. The highest BCUT2D eigenvalue weighted by molar-refractivity contribution is 6.34. The molecule has 1 N–H and O–H groups in total. The van der Waals surface area contributed by atoms with Crippen LogP contribution in [0.25, 0.3) is 10.9 Å². The fourth-order valence-corrected chi connectivity index (χ4v) is 2.67. The minimum Gasteiger partial charge on any atom is -0.482 e. The number of aromatic nitrogens is 1. The van der Waals surface area contributed by atoms with E-state index in [1.165, 1.54) is 12.3 Å². The van der Waals surface area contributed by atoms with Gasteiger partial charge < -0.3 is 4.74 Å². The summed E-state index contributed by atoms with van der Waals surface area (Å²) in [6, 6.07) is 14.1. The molecule has 0 bridgehead atoms. The average molecular weight is 409 g/mol. The van der Waals surface area contributed by atoms with E-state index in [0.717, 1.165) is 10.9 Å². The maximum absolute atomic E-state index is 11.8. The Bertz CT molecular complexity index is 993.